The molecule has 0 aromatic heterocycles. The number of hydrogen-bond donors (Lipinski definition) is 1. The lowest BCUT2D eigenvalue weighted by atomic mass is 9.81. The fraction of sp³-hybridized carbons (Fsp3) is 0.583. The van der Waals surface area contributed by atoms with E-state index in [0.717, 1.165) is 26.1 Å². The van der Waals surface area contributed by atoms with E-state index in [9.17, 15) is 9.59 Å². The van der Waals surface area contributed by atoms with Crippen LogP contribution in [0.2, 0.25) is 0 Å². The standard InChI is InChI=1S/C24H37N3O2/c1-4-9-21(23(25)28)22(18-19(2)3)24(29)27-16-14-26(15-17-27)13-8-12-20-10-6-5-7-11-20/h5-8,10-12,19,21-22H,4,9,13-18H2,1-3H3,(H2,25,28)/b12-8+/t21-,22+/m0/s1. The molecule has 1 aliphatic heterocycles. The Kier molecular flexibility index (Phi) is 9.39. The Bertz CT molecular complexity index is 664. The number of nitrogens with zero attached hydrogens (tertiary/aromatic N) is 2. The molecule has 1 aromatic rings. The first-order valence-corrected chi connectivity index (χ1v) is 10.9. The second-order valence-corrected chi connectivity index (χ2v) is 8.47. The number of hydrogen-bond acceptors (Lipinski definition) is 3. The van der Waals surface area contributed by atoms with Gasteiger partial charge in [-0.3, -0.25) is 14.5 Å². The number of carbonyl (C=O) groups excluding carboxylic acids is 2. The van der Waals surface area contributed by atoms with Crippen molar-refractivity contribution in [3.05, 3.63) is 42.0 Å². The van der Waals surface area contributed by atoms with E-state index < -0.39 is 0 Å². The van der Waals surface area contributed by atoms with Crippen molar-refractivity contribution in [1.29, 1.82) is 0 Å². The monoisotopic (exact) mass is 399 g/mol. The molecule has 5 nitrogen and oxygen atoms in total. The van der Waals surface area contributed by atoms with Gasteiger partial charge in [0.2, 0.25) is 11.8 Å². The SMILES string of the molecule is CCC[C@H](C(N)=O)[C@@H](CC(C)C)C(=O)N1CCN(C/C=C/c2ccccc2)CC1. The van der Waals surface area contributed by atoms with Gasteiger partial charge < -0.3 is 10.6 Å². The molecule has 0 spiro atoms. The van der Waals surface area contributed by atoms with Gasteiger partial charge in [-0.25, -0.2) is 0 Å². The highest BCUT2D eigenvalue weighted by molar-refractivity contribution is 5.87. The number of piperazine rings is 1. The molecule has 1 heterocycles. The van der Waals surface area contributed by atoms with Crippen molar-refractivity contribution in [1.82, 2.24) is 9.80 Å². The van der Waals surface area contributed by atoms with E-state index in [-0.39, 0.29) is 23.7 Å². The van der Waals surface area contributed by atoms with Gasteiger partial charge in [0.25, 0.3) is 0 Å². The van der Waals surface area contributed by atoms with Crippen molar-refractivity contribution in [3.63, 3.8) is 0 Å². The topological polar surface area (TPSA) is 66.6 Å². The maximum Gasteiger partial charge on any atom is 0.226 e. The first-order chi connectivity index (χ1) is 13.9. The zero-order chi connectivity index (χ0) is 21.2. The number of carbonyl (C=O) groups is 2. The van der Waals surface area contributed by atoms with Crippen LogP contribution in [0.1, 0.15) is 45.6 Å². The van der Waals surface area contributed by atoms with Crippen molar-refractivity contribution in [2.45, 2.75) is 40.0 Å². The van der Waals surface area contributed by atoms with E-state index in [1.54, 1.807) is 0 Å². The number of nitrogens with two attached hydrogens (primary N) is 1. The Morgan fingerprint density at radius 2 is 1.72 bits per heavy atom. The number of benzene rings is 1. The average Bonchev–Trinajstić information content (AvgIpc) is 2.71. The second-order valence-electron chi connectivity index (χ2n) is 8.47. The maximum atomic E-state index is 13.2. The van der Waals surface area contributed by atoms with E-state index in [0.29, 0.717) is 31.8 Å². The molecule has 1 saturated heterocycles. The summed E-state index contributed by atoms with van der Waals surface area (Å²) in [7, 11) is 0. The molecule has 0 aliphatic carbocycles. The molecule has 1 fully saturated rings. The van der Waals surface area contributed by atoms with Crippen molar-refractivity contribution < 1.29 is 9.59 Å². The Morgan fingerprint density at radius 1 is 1.07 bits per heavy atom. The molecule has 2 N–H and O–H groups in total. The third kappa shape index (κ3) is 7.32. The third-order valence-corrected chi connectivity index (χ3v) is 5.65. The van der Waals surface area contributed by atoms with Crippen molar-refractivity contribution >= 4 is 17.9 Å². The zero-order valence-corrected chi connectivity index (χ0v) is 18.2. The van der Waals surface area contributed by atoms with Gasteiger partial charge in [-0.2, -0.15) is 0 Å². The zero-order valence-electron chi connectivity index (χ0n) is 18.2. The minimum Gasteiger partial charge on any atom is -0.369 e. The molecule has 0 unspecified atom stereocenters. The van der Waals surface area contributed by atoms with Crippen LogP contribution in [0.4, 0.5) is 0 Å². The van der Waals surface area contributed by atoms with E-state index in [4.69, 9.17) is 5.73 Å². The van der Waals surface area contributed by atoms with Gasteiger partial charge in [0, 0.05) is 44.6 Å². The van der Waals surface area contributed by atoms with Gasteiger partial charge in [0.1, 0.15) is 0 Å². The molecule has 0 bridgehead atoms. The molecule has 2 rings (SSSR count). The van der Waals surface area contributed by atoms with Crippen LogP contribution in [0.3, 0.4) is 0 Å². The van der Waals surface area contributed by atoms with Crippen LogP contribution in [0, 0.1) is 17.8 Å². The van der Waals surface area contributed by atoms with Crippen LogP contribution in [0.25, 0.3) is 6.08 Å². The first kappa shape index (κ1) is 23.1. The summed E-state index contributed by atoms with van der Waals surface area (Å²) in [6.07, 6.45) is 6.57. The van der Waals surface area contributed by atoms with Crippen LogP contribution in [-0.4, -0.2) is 54.3 Å². The molecule has 160 valence electrons. The van der Waals surface area contributed by atoms with Crippen molar-refractivity contribution in [3.8, 4) is 0 Å². The van der Waals surface area contributed by atoms with Crippen molar-refractivity contribution in [2.75, 3.05) is 32.7 Å². The van der Waals surface area contributed by atoms with Gasteiger partial charge in [0.15, 0.2) is 0 Å². The maximum absolute atomic E-state index is 13.2. The summed E-state index contributed by atoms with van der Waals surface area (Å²) in [5.41, 5.74) is 6.87. The molecular weight excluding hydrogens is 362 g/mol. The van der Waals surface area contributed by atoms with E-state index in [1.807, 2.05) is 30.0 Å². The highest BCUT2D eigenvalue weighted by Gasteiger charge is 2.35. The molecule has 0 radical (unpaired) electrons. The molecule has 1 aromatic carbocycles. The lowest BCUT2D eigenvalue weighted by Gasteiger charge is -2.37. The summed E-state index contributed by atoms with van der Waals surface area (Å²) in [6, 6.07) is 10.3. The predicted molar refractivity (Wildman–Crippen MR) is 119 cm³/mol. The average molecular weight is 400 g/mol. The number of amides is 2. The van der Waals surface area contributed by atoms with Gasteiger partial charge >= 0.3 is 0 Å². The van der Waals surface area contributed by atoms with Crippen LogP contribution < -0.4 is 5.73 Å². The molecule has 2 amide bonds. The smallest absolute Gasteiger partial charge is 0.226 e. The van der Waals surface area contributed by atoms with Gasteiger partial charge in [-0.15, -0.1) is 0 Å². The van der Waals surface area contributed by atoms with E-state index in [1.165, 1.54) is 5.56 Å². The van der Waals surface area contributed by atoms with Gasteiger partial charge in [-0.1, -0.05) is 69.7 Å². The molecule has 2 atom stereocenters. The first-order valence-electron chi connectivity index (χ1n) is 10.9. The van der Waals surface area contributed by atoms with E-state index >= 15 is 0 Å². The normalized spacial score (nSPS) is 17.6. The Morgan fingerprint density at radius 3 is 2.28 bits per heavy atom. The minimum absolute atomic E-state index is 0.107. The second kappa shape index (κ2) is 11.8. The summed E-state index contributed by atoms with van der Waals surface area (Å²) in [4.78, 5) is 29.6. The Hall–Kier alpha value is -2.14. The van der Waals surface area contributed by atoms with Crippen LogP contribution in [-0.2, 0) is 9.59 Å². The van der Waals surface area contributed by atoms with Crippen LogP contribution in [0.5, 0.6) is 0 Å². The number of primary amides is 1. The van der Waals surface area contributed by atoms with Crippen LogP contribution >= 0.6 is 0 Å². The summed E-state index contributed by atoms with van der Waals surface area (Å²) >= 11 is 0. The van der Waals surface area contributed by atoms with Crippen molar-refractivity contribution in [2.24, 2.45) is 23.5 Å². The summed E-state index contributed by atoms with van der Waals surface area (Å²) in [5, 5.41) is 0. The largest absolute Gasteiger partial charge is 0.369 e. The third-order valence-electron chi connectivity index (χ3n) is 5.65. The lowest BCUT2D eigenvalue weighted by molar-refractivity contribution is -0.143. The van der Waals surface area contributed by atoms with Crippen LogP contribution in [0.15, 0.2) is 36.4 Å². The lowest BCUT2D eigenvalue weighted by Crippen LogP contribution is -2.52. The quantitative estimate of drug-likeness (QED) is 0.656. The fourth-order valence-electron chi connectivity index (χ4n) is 4.09. The number of rotatable bonds is 10. The van der Waals surface area contributed by atoms with Gasteiger partial charge in [-0.05, 0) is 24.3 Å². The molecule has 0 saturated carbocycles. The summed E-state index contributed by atoms with van der Waals surface area (Å²) in [6.45, 7) is 10.3. The molecule has 1 aliphatic rings. The summed E-state index contributed by atoms with van der Waals surface area (Å²) < 4.78 is 0. The Balaban J connectivity index is 1.92. The van der Waals surface area contributed by atoms with E-state index in [2.05, 4.69) is 43.0 Å². The predicted octanol–water partition coefficient (Wildman–Crippen LogP) is 3.41. The molecule has 29 heavy (non-hydrogen) atoms. The van der Waals surface area contributed by atoms with Gasteiger partial charge in [0.05, 0.1) is 0 Å². The fourth-order valence-corrected chi connectivity index (χ4v) is 4.09. The molecular formula is C24H37N3O2. The highest BCUT2D eigenvalue weighted by atomic mass is 16.2. The minimum atomic E-state index is -0.360. The highest BCUT2D eigenvalue weighted by Crippen LogP contribution is 2.27. The summed E-state index contributed by atoms with van der Waals surface area (Å²) in [5.74, 6) is -0.531. The molecule has 5 heteroatoms. The Labute approximate surface area is 175 Å².